The number of nitrogens with zero attached hydrogens (tertiary/aromatic N) is 2. The average Bonchev–Trinajstić information content (AvgIpc) is 3.31. The van der Waals surface area contributed by atoms with E-state index in [4.69, 9.17) is 4.74 Å². The highest BCUT2D eigenvalue weighted by Gasteiger charge is 2.51. The van der Waals surface area contributed by atoms with E-state index in [0.29, 0.717) is 17.4 Å². The van der Waals surface area contributed by atoms with Gasteiger partial charge < -0.3 is 15.2 Å². The van der Waals surface area contributed by atoms with Gasteiger partial charge in [-0.2, -0.15) is 5.10 Å². The van der Waals surface area contributed by atoms with E-state index in [9.17, 15) is 14.7 Å². The molecule has 0 unspecified atom stereocenters. The molecule has 2 saturated carbocycles. The monoisotopic (exact) mass is 361 g/mol. The van der Waals surface area contributed by atoms with E-state index in [1.54, 1.807) is 6.20 Å². The van der Waals surface area contributed by atoms with Gasteiger partial charge in [0.25, 0.3) is 5.91 Å². The van der Waals surface area contributed by atoms with Crippen LogP contribution >= 0.6 is 0 Å². The Balaban J connectivity index is 1.44. The topological polar surface area (TPSA) is 93.5 Å². The third kappa shape index (κ3) is 3.13. The summed E-state index contributed by atoms with van der Waals surface area (Å²) in [5.74, 6) is -0.391. The Morgan fingerprint density at radius 3 is 2.73 bits per heavy atom. The first-order chi connectivity index (χ1) is 12.5. The van der Waals surface area contributed by atoms with Crippen LogP contribution in [0.3, 0.4) is 0 Å². The number of hydrogen-bond acceptors (Lipinski definition) is 4. The lowest BCUT2D eigenvalue weighted by Gasteiger charge is -2.28. The fourth-order valence-electron chi connectivity index (χ4n) is 5.11. The Kier molecular flexibility index (Phi) is 4.73. The normalized spacial score (nSPS) is 31.3. The van der Waals surface area contributed by atoms with Gasteiger partial charge in [0.1, 0.15) is 0 Å². The minimum atomic E-state index is -0.783. The second-order valence-electron chi connectivity index (χ2n) is 8.08. The lowest BCUT2D eigenvalue weighted by Crippen LogP contribution is -2.46. The van der Waals surface area contributed by atoms with Gasteiger partial charge in [0.05, 0.1) is 17.7 Å². The zero-order valence-electron chi connectivity index (χ0n) is 15.2. The maximum atomic E-state index is 12.8. The van der Waals surface area contributed by atoms with Crippen molar-refractivity contribution in [3.05, 3.63) is 17.5 Å². The number of carboxylic acids is 1. The van der Waals surface area contributed by atoms with Crippen molar-refractivity contribution in [3.8, 4) is 0 Å². The molecule has 7 heteroatoms. The number of hydrogen-bond donors (Lipinski definition) is 2. The Hall–Kier alpha value is -1.89. The molecule has 0 radical (unpaired) electrons. The minimum absolute atomic E-state index is 0.190. The van der Waals surface area contributed by atoms with Gasteiger partial charge in [-0.25, -0.2) is 0 Å². The van der Waals surface area contributed by atoms with Crippen molar-refractivity contribution in [1.82, 2.24) is 15.1 Å². The summed E-state index contributed by atoms with van der Waals surface area (Å²) in [4.78, 5) is 24.4. The third-order valence-corrected chi connectivity index (χ3v) is 6.62. The van der Waals surface area contributed by atoms with Crippen LogP contribution in [0.15, 0.2) is 6.20 Å². The number of ether oxygens (including phenoxy) is 1. The Bertz CT molecular complexity index is 695. The fraction of sp³-hybridized carbons (Fsp3) is 0.737. The van der Waals surface area contributed by atoms with Crippen molar-refractivity contribution in [2.24, 2.45) is 23.7 Å². The van der Waals surface area contributed by atoms with Gasteiger partial charge in [0, 0.05) is 31.5 Å². The van der Waals surface area contributed by atoms with Crippen LogP contribution in [-0.2, 0) is 16.1 Å². The molecule has 1 saturated heterocycles. The largest absolute Gasteiger partial charge is 0.481 e. The van der Waals surface area contributed by atoms with E-state index in [1.807, 2.05) is 11.6 Å². The Morgan fingerprint density at radius 2 is 2.00 bits per heavy atom. The Morgan fingerprint density at radius 1 is 1.27 bits per heavy atom. The second kappa shape index (κ2) is 7.02. The highest BCUT2D eigenvalue weighted by molar-refractivity contribution is 5.95. The van der Waals surface area contributed by atoms with Crippen LogP contribution in [0.2, 0.25) is 0 Å². The Labute approximate surface area is 153 Å². The molecule has 1 aromatic heterocycles. The molecule has 1 aromatic rings. The minimum Gasteiger partial charge on any atom is -0.481 e. The molecule has 2 N–H and O–H groups in total. The molecular weight excluding hydrogens is 334 g/mol. The van der Waals surface area contributed by atoms with Crippen LogP contribution in [0.4, 0.5) is 0 Å². The van der Waals surface area contributed by atoms with Crippen LogP contribution in [0.25, 0.3) is 0 Å². The first kappa shape index (κ1) is 17.5. The van der Waals surface area contributed by atoms with Crippen LogP contribution in [-0.4, -0.2) is 46.0 Å². The average molecular weight is 361 g/mol. The van der Waals surface area contributed by atoms with Crippen molar-refractivity contribution < 1.29 is 19.4 Å². The molecule has 142 valence electrons. The zero-order chi connectivity index (χ0) is 18.3. The number of amides is 1. The summed E-state index contributed by atoms with van der Waals surface area (Å²) >= 11 is 0. The lowest BCUT2D eigenvalue weighted by molar-refractivity contribution is -0.144. The molecule has 7 nitrogen and oxygen atoms in total. The van der Waals surface area contributed by atoms with Crippen molar-refractivity contribution in [2.45, 2.75) is 51.6 Å². The van der Waals surface area contributed by atoms with Crippen molar-refractivity contribution >= 4 is 11.9 Å². The number of nitrogens with one attached hydrogen (secondary N) is 1. The summed E-state index contributed by atoms with van der Waals surface area (Å²) in [5.41, 5.74) is 1.41. The molecule has 4 rings (SSSR count). The molecule has 2 bridgehead atoms. The van der Waals surface area contributed by atoms with E-state index in [1.165, 1.54) is 0 Å². The van der Waals surface area contributed by atoms with Gasteiger partial charge in [-0.15, -0.1) is 0 Å². The summed E-state index contributed by atoms with van der Waals surface area (Å²) in [6, 6.07) is -0.253. The summed E-state index contributed by atoms with van der Waals surface area (Å²) < 4.78 is 7.30. The quantitative estimate of drug-likeness (QED) is 0.835. The first-order valence-corrected chi connectivity index (χ1v) is 9.68. The predicted molar refractivity (Wildman–Crippen MR) is 93.7 cm³/mol. The molecule has 26 heavy (non-hydrogen) atoms. The molecular formula is C19H27N3O4. The zero-order valence-corrected chi connectivity index (χ0v) is 15.2. The van der Waals surface area contributed by atoms with E-state index in [0.717, 1.165) is 57.6 Å². The predicted octanol–water partition coefficient (Wildman–Crippen LogP) is 1.85. The molecule has 0 spiro atoms. The summed E-state index contributed by atoms with van der Waals surface area (Å²) in [6.45, 7) is 4.29. The van der Waals surface area contributed by atoms with Gasteiger partial charge in [0.2, 0.25) is 0 Å². The summed E-state index contributed by atoms with van der Waals surface area (Å²) in [7, 11) is 0. The third-order valence-electron chi connectivity index (χ3n) is 6.62. The summed E-state index contributed by atoms with van der Waals surface area (Å²) in [6.07, 6.45) is 6.56. The van der Waals surface area contributed by atoms with Gasteiger partial charge in [-0.1, -0.05) is 0 Å². The van der Waals surface area contributed by atoms with Gasteiger partial charge in [-0.3, -0.25) is 14.3 Å². The number of aliphatic carboxylic acids is 1. The van der Waals surface area contributed by atoms with Gasteiger partial charge >= 0.3 is 5.97 Å². The number of carbonyl (C=O) groups is 2. The van der Waals surface area contributed by atoms with Crippen LogP contribution in [0.1, 0.15) is 48.2 Å². The number of aromatic nitrogens is 2. The van der Waals surface area contributed by atoms with E-state index in [2.05, 4.69) is 10.4 Å². The number of carbonyl (C=O) groups excluding carboxylic acids is 1. The molecule has 4 atom stereocenters. The first-order valence-electron chi connectivity index (χ1n) is 9.68. The van der Waals surface area contributed by atoms with Crippen LogP contribution < -0.4 is 5.32 Å². The van der Waals surface area contributed by atoms with E-state index >= 15 is 0 Å². The number of carboxylic acid groups (broad SMARTS) is 1. The maximum absolute atomic E-state index is 12.8. The maximum Gasteiger partial charge on any atom is 0.308 e. The molecule has 3 fully saturated rings. The number of fused-ring (bicyclic) bond motifs is 2. The van der Waals surface area contributed by atoms with Gasteiger partial charge in [0.15, 0.2) is 0 Å². The smallest absolute Gasteiger partial charge is 0.308 e. The number of rotatable bonds is 5. The second-order valence-corrected chi connectivity index (χ2v) is 8.08. The molecule has 2 aliphatic carbocycles. The van der Waals surface area contributed by atoms with E-state index < -0.39 is 11.9 Å². The van der Waals surface area contributed by atoms with Gasteiger partial charge in [-0.05, 0) is 56.8 Å². The van der Waals surface area contributed by atoms with E-state index in [-0.39, 0.29) is 17.9 Å². The molecule has 0 aromatic carbocycles. The molecule has 3 aliphatic rings. The van der Waals surface area contributed by atoms with Crippen molar-refractivity contribution in [3.63, 3.8) is 0 Å². The summed E-state index contributed by atoms with van der Waals surface area (Å²) in [5, 5.41) is 17.0. The van der Waals surface area contributed by atoms with Crippen LogP contribution in [0, 0.1) is 30.6 Å². The van der Waals surface area contributed by atoms with Crippen molar-refractivity contribution in [1.29, 1.82) is 0 Å². The standard InChI is InChI=1S/C19H27N3O4/c1-11-15(9-20-22(11)10-12-4-6-26-7-5-12)18(23)21-17-14-3-2-13(8-14)16(17)19(24)25/h9,12-14,16-17H,2-8,10H2,1H3,(H,21,23)(H,24,25)/t13-,14+,16+,17-/m0/s1. The highest BCUT2D eigenvalue weighted by Crippen LogP contribution is 2.48. The SMILES string of the molecule is Cc1c(C(=O)N[C@H]2[C@@H]3CC[C@@H](C3)[C@H]2C(=O)O)cnn1CC1CCOCC1. The van der Waals surface area contributed by atoms with Crippen molar-refractivity contribution in [2.75, 3.05) is 13.2 Å². The molecule has 1 amide bonds. The lowest BCUT2D eigenvalue weighted by atomic mass is 9.84. The molecule has 2 heterocycles. The van der Waals surface area contributed by atoms with Crippen LogP contribution in [0.5, 0.6) is 0 Å². The fourth-order valence-corrected chi connectivity index (χ4v) is 5.11. The highest BCUT2D eigenvalue weighted by atomic mass is 16.5. The molecule has 1 aliphatic heterocycles.